The molecule has 1 aromatic heterocycles. The summed E-state index contributed by atoms with van der Waals surface area (Å²) in [6, 6.07) is 4.24. The van der Waals surface area contributed by atoms with Gasteiger partial charge in [-0.05, 0) is 51.8 Å². The summed E-state index contributed by atoms with van der Waals surface area (Å²) >= 11 is 0. The Morgan fingerprint density at radius 3 is 2.38 bits per heavy atom. The molecule has 0 fully saturated rings. The van der Waals surface area contributed by atoms with Gasteiger partial charge in [0.25, 0.3) is 0 Å². The highest BCUT2D eigenvalue weighted by Crippen LogP contribution is 2.34. The Kier molecular flexibility index (Phi) is 7.36. The average molecular weight is 467 g/mol. The Hall–Kier alpha value is -2.92. The van der Waals surface area contributed by atoms with Gasteiger partial charge < -0.3 is 15.2 Å². The lowest BCUT2D eigenvalue weighted by atomic mass is 10.1. The molecule has 10 nitrogen and oxygen atoms in total. The Morgan fingerprint density at radius 2 is 1.88 bits per heavy atom. The second-order valence-electron chi connectivity index (χ2n) is 8.97. The van der Waals surface area contributed by atoms with Crippen molar-refractivity contribution in [2.75, 3.05) is 5.32 Å². The number of nitrogens with one attached hydrogen (secondary N) is 2. The Bertz CT molecular complexity index is 1130. The zero-order valence-corrected chi connectivity index (χ0v) is 20.1. The van der Waals surface area contributed by atoms with Crippen LogP contribution in [0.5, 0.6) is 11.6 Å². The number of aromatic carboxylic acids is 1. The lowest BCUT2D eigenvalue weighted by molar-refractivity contribution is -0.116. The van der Waals surface area contributed by atoms with Crippen LogP contribution in [0.25, 0.3) is 0 Å². The number of ether oxygens (including phenoxy) is 1. The van der Waals surface area contributed by atoms with E-state index in [4.69, 9.17) is 4.74 Å². The molecule has 11 heteroatoms. The fourth-order valence-corrected chi connectivity index (χ4v) is 4.56. The molecule has 2 aromatic rings. The maximum absolute atomic E-state index is 13.1. The van der Waals surface area contributed by atoms with Gasteiger partial charge >= 0.3 is 5.97 Å². The van der Waals surface area contributed by atoms with Gasteiger partial charge in [-0.1, -0.05) is 13.8 Å². The standard InChI is InChI=1S/C21H30N4O6S/c1-12(2)10-17(26)22-14-8-9-15(16(11-14)32(29,30)24-21(4,5)6)31-19-13(3)18(20(27)28)23-25(19)7/h8-9,11-12,24H,10H2,1-7H3,(H,22,26)(H,27,28). The van der Waals surface area contributed by atoms with Gasteiger partial charge in [-0.3, -0.25) is 4.79 Å². The molecule has 0 radical (unpaired) electrons. The average Bonchev–Trinajstić information content (AvgIpc) is 2.88. The molecule has 1 amide bonds. The number of aryl methyl sites for hydroxylation is 1. The van der Waals surface area contributed by atoms with Crippen LogP contribution in [0.1, 0.15) is 57.1 Å². The lowest BCUT2D eigenvalue weighted by Gasteiger charge is -2.22. The number of sulfonamides is 1. The van der Waals surface area contributed by atoms with Crippen molar-refractivity contribution in [3.8, 4) is 11.6 Å². The van der Waals surface area contributed by atoms with Crippen molar-refractivity contribution in [1.29, 1.82) is 0 Å². The molecule has 0 bridgehead atoms. The topological polar surface area (TPSA) is 140 Å². The predicted octanol–water partition coefficient (Wildman–Crippen LogP) is 3.28. The number of anilines is 1. The molecule has 0 atom stereocenters. The van der Waals surface area contributed by atoms with E-state index >= 15 is 0 Å². The van der Waals surface area contributed by atoms with Crippen LogP contribution in [0.4, 0.5) is 5.69 Å². The van der Waals surface area contributed by atoms with Gasteiger partial charge in [-0.15, -0.1) is 0 Å². The summed E-state index contributed by atoms with van der Waals surface area (Å²) in [4.78, 5) is 23.3. The fourth-order valence-electron chi connectivity index (χ4n) is 2.99. The number of carboxylic acid groups (broad SMARTS) is 1. The first-order chi connectivity index (χ1) is 14.6. The van der Waals surface area contributed by atoms with Crippen molar-refractivity contribution >= 4 is 27.6 Å². The van der Waals surface area contributed by atoms with Gasteiger partial charge in [0.2, 0.25) is 21.8 Å². The number of rotatable bonds is 8. The first-order valence-corrected chi connectivity index (χ1v) is 11.5. The van der Waals surface area contributed by atoms with Crippen LogP contribution in [0.15, 0.2) is 23.1 Å². The van der Waals surface area contributed by atoms with Crippen LogP contribution >= 0.6 is 0 Å². The van der Waals surface area contributed by atoms with Gasteiger partial charge in [0.05, 0.1) is 0 Å². The summed E-state index contributed by atoms with van der Waals surface area (Å²) in [5.74, 6) is -1.27. The second kappa shape index (κ2) is 9.29. The first kappa shape index (κ1) is 25.3. The smallest absolute Gasteiger partial charge is 0.356 e. The minimum Gasteiger partial charge on any atom is -0.476 e. The minimum atomic E-state index is -4.06. The van der Waals surface area contributed by atoms with Crippen molar-refractivity contribution in [2.45, 2.75) is 58.4 Å². The van der Waals surface area contributed by atoms with E-state index < -0.39 is 21.5 Å². The second-order valence-corrected chi connectivity index (χ2v) is 10.6. The van der Waals surface area contributed by atoms with Crippen molar-refractivity contribution in [3.05, 3.63) is 29.5 Å². The molecule has 3 N–H and O–H groups in total. The van der Waals surface area contributed by atoms with Crippen molar-refractivity contribution in [3.63, 3.8) is 0 Å². The molecule has 0 saturated heterocycles. The Balaban J connectivity index is 2.55. The summed E-state index contributed by atoms with van der Waals surface area (Å²) in [6.07, 6.45) is 0.284. The van der Waals surface area contributed by atoms with E-state index in [-0.39, 0.29) is 46.0 Å². The largest absolute Gasteiger partial charge is 0.476 e. The molecule has 1 aromatic carbocycles. The summed E-state index contributed by atoms with van der Waals surface area (Å²) < 4.78 is 35.9. The summed E-state index contributed by atoms with van der Waals surface area (Å²) in [7, 11) is -2.56. The maximum Gasteiger partial charge on any atom is 0.356 e. The highest BCUT2D eigenvalue weighted by Gasteiger charge is 2.28. The zero-order valence-electron chi connectivity index (χ0n) is 19.3. The Morgan fingerprint density at radius 1 is 1.25 bits per heavy atom. The van der Waals surface area contributed by atoms with Crippen LogP contribution in [-0.4, -0.2) is 40.7 Å². The number of benzene rings is 1. The third kappa shape index (κ3) is 6.30. The van der Waals surface area contributed by atoms with Gasteiger partial charge in [-0.2, -0.15) is 5.10 Å². The number of carbonyl (C=O) groups excluding carboxylic acids is 1. The summed E-state index contributed by atoms with van der Waals surface area (Å²) in [5.41, 5.74) is -0.421. The van der Waals surface area contributed by atoms with Crippen molar-refractivity contribution in [2.24, 2.45) is 13.0 Å². The number of carbonyl (C=O) groups is 2. The fraction of sp³-hybridized carbons (Fsp3) is 0.476. The number of hydrogen-bond donors (Lipinski definition) is 3. The SMILES string of the molecule is Cc1c(C(=O)O)nn(C)c1Oc1ccc(NC(=O)CC(C)C)cc1S(=O)(=O)NC(C)(C)C. The Labute approximate surface area is 188 Å². The van der Waals surface area contributed by atoms with Crippen molar-refractivity contribution in [1.82, 2.24) is 14.5 Å². The monoisotopic (exact) mass is 466 g/mol. The minimum absolute atomic E-state index is 0.0355. The van der Waals surface area contributed by atoms with E-state index in [1.165, 1.54) is 36.9 Å². The van der Waals surface area contributed by atoms with E-state index in [9.17, 15) is 23.1 Å². The molecule has 0 aliphatic carbocycles. The molecule has 0 aliphatic heterocycles. The highest BCUT2D eigenvalue weighted by atomic mass is 32.2. The van der Waals surface area contributed by atoms with Crippen LogP contribution < -0.4 is 14.8 Å². The number of carboxylic acids is 1. The molecule has 0 aliphatic rings. The molecule has 2 rings (SSSR count). The van der Waals surface area contributed by atoms with Crippen LogP contribution in [-0.2, 0) is 21.9 Å². The van der Waals surface area contributed by atoms with E-state index in [1.54, 1.807) is 20.8 Å². The molecule has 176 valence electrons. The third-order valence-electron chi connectivity index (χ3n) is 4.18. The molecule has 32 heavy (non-hydrogen) atoms. The first-order valence-electron chi connectivity index (χ1n) is 10.0. The predicted molar refractivity (Wildman–Crippen MR) is 120 cm³/mol. The normalized spacial score (nSPS) is 12.1. The molecule has 0 unspecified atom stereocenters. The number of amides is 1. The maximum atomic E-state index is 13.1. The molecule has 0 saturated carbocycles. The number of nitrogens with zero attached hydrogens (tertiary/aromatic N) is 2. The van der Waals surface area contributed by atoms with Crippen LogP contribution in [0, 0.1) is 12.8 Å². The third-order valence-corrected chi connectivity index (χ3v) is 5.96. The van der Waals surface area contributed by atoms with Gasteiger partial charge in [0.15, 0.2) is 5.69 Å². The molecule has 1 heterocycles. The van der Waals surface area contributed by atoms with E-state index in [0.717, 1.165) is 0 Å². The van der Waals surface area contributed by atoms with Gasteiger partial charge in [0, 0.05) is 30.3 Å². The number of hydrogen-bond acceptors (Lipinski definition) is 6. The van der Waals surface area contributed by atoms with Crippen LogP contribution in [0.3, 0.4) is 0 Å². The summed E-state index contributed by atoms with van der Waals surface area (Å²) in [6.45, 7) is 10.4. The zero-order chi connectivity index (χ0) is 24.4. The molecular formula is C21H30N4O6S. The quantitative estimate of drug-likeness (QED) is 0.542. The van der Waals surface area contributed by atoms with Crippen molar-refractivity contribution < 1.29 is 27.9 Å². The summed E-state index contributed by atoms with van der Waals surface area (Å²) in [5, 5.41) is 15.9. The van der Waals surface area contributed by atoms with E-state index in [1.807, 2.05) is 13.8 Å². The van der Waals surface area contributed by atoms with Crippen LogP contribution in [0.2, 0.25) is 0 Å². The van der Waals surface area contributed by atoms with E-state index in [0.29, 0.717) is 5.69 Å². The van der Waals surface area contributed by atoms with E-state index in [2.05, 4.69) is 15.1 Å². The van der Waals surface area contributed by atoms with Gasteiger partial charge in [-0.25, -0.2) is 22.6 Å². The molecular weight excluding hydrogens is 436 g/mol. The highest BCUT2D eigenvalue weighted by molar-refractivity contribution is 7.89. The molecule has 0 spiro atoms. The number of aromatic nitrogens is 2. The van der Waals surface area contributed by atoms with Gasteiger partial charge in [0.1, 0.15) is 10.6 Å². The lowest BCUT2D eigenvalue weighted by Crippen LogP contribution is -2.40.